The molecule has 3 aromatic carbocycles. The van der Waals surface area contributed by atoms with Gasteiger partial charge in [-0.1, -0.05) is 48.5 Å². The van der Waals surface area contributed by atoms with Crippen molar-refractivity contribution < 1.29 is 14.0 Å². The summed E-state index contributed by atoms with van der Waals surface area (Å²) in [5, 5.41) is 3.28. The highest BCUT2D eigenvalue weighted by molar-refractivity contribution is 6.14. The van der Waals surface area contributed by atoms with Gasteiger partial charge < -0.3 is 14.6 Å². The minimum atomic E-state index is -0.439. The van der Waals surface area contributed by atoms with Crippen LogP contribution in [0, 0.1) is 13.8 Å². The van der Waals surface area contributed by atoms with Gasteiger partial charge in [0.2, 0.25) is 0 Å². The van der Waals surface area contributed by atoms with Crippen LogP contribution in [0.3, 0.4) is 0 Å². The van der Waals surface area contributed by atoms with E-state index in [-0.39, 0.29) is 22.5 Å². The summed E-state index contributed by atoms with van der Waals surface area (Å²) in [6.07, 6.45) is 1.97. The van der Waals surface area contributed by atoms with Crippen molar-refractivity contribution in [3.8, 4) is 11.3 Å². The summed E-state index contributed by atoms with van der Waals surface area (Å²) in [6, 6.07) is 19.7. The van der Waals surface area contributed by atoms with E-state index in [9.17, 15) is 14.4 Å². The van der Waals surface area contributed by atoms with Gasteiger partial charge in [0.1, 0.15) is 5.76 Å². The Hall–Kier alpha value is -4.19. The van der Waals surface area contributed by atoms with E-state index in [1.807, 2.05) is 54.3 Å². The van der Waals surface area contributed by atoms with Gasteiger partial charge in [-0.05, 0) is 50.5 Å². The summed E-state index contributed by atoms with van der Waals surface area (Å²) in [5.41, 5.74) is 3.24. The highest BCUT2D eigenvalue weighted by Gasteiger charge is 2.25. The Morgan fingerprint density at radius 1 is 0.857 bits per heavy atom. The highest BCUT2D eigenvalue weighted by atomic mass is 16.3. The Kier molecular flexibility index (Phi) is 5.95. The lowest BCUT2D eigenvalue weighted by Crippen LogP contribution is -2.29. The van der Waals surface area contributed by atoms with Crippen LogP contribution in [0.25, 0.3) is 22.3 Å². The predicted molar refractivity (Wildman–Crippen MR) is 137 cm³/mol. The number of benzene rings is 3. The van der Waals surface area contributed by atoms with Crippen molar-refractivity contribution in [3.05, 3.63) is 99.2 Å². The Morgan fingerprint density at radius 3 is 2.29 bits per heavy atom. The first-order valence-electron chi connectivity index (χ1n) is 11.8. The lowest BCUT2D eigenvalue weighted by atomic mass is 10.0. The van der Waals surface area contributed by atoms with Gasteiger partial charge in [-0.25, -0.2) is 0 Å². The molecule has 5 rings (SSSR count). The van der Waals surface area contributed by atoms with E-state index in [0.29, 0.717) is 28.0 Å². The third kappa shape index (κ3) is 4.12. The van der Waals surface area contributed by atoms with Gasteiger partial charge >= 0.3 is 0 Å². The number of likely N-dealkylation sites (tertiary alicyclic amines) is 1. The lowest BCUT2D eigenvalue weighted by molar-refractivity contribution is 0.0793. The molecular weight excluding hydrogens is 440 g/mol. The van der Waals surface area contributed by atoms with E-state index < -0.39 is 5.91 Å². The second-order valence-corrected chi connectivity index (χ2v) is 8.88. The van der Waals surface area contributed by atoms with Crippen molar-refractivity contribution in [2.45, 2.75) is 26.7 Å². The minimum Gasteiger partial charge on any atom is -0.455 e. The van der Waals surface area contributed by atoms with Gasteiger partial charge in [0, 0.05) is 24.2 Å². The van der Waals surface area contributed by atoms with E-state index >= 15 is 0 Å². The number of carbonyl (C=O) groups excluding carboxylic acids is 2. The van der Waals surface area contributed by atoms with Crippen LogP contribution in [-0.2, 0) is 0 Å². The fourth-order valence-electron chi connectivity index (χ4n) is 4.64. The van der Waals surface area contributed by atoms with E-state index in [2.05, 4.69) is 5.32 Å². The molecule has 1 saturated heterocycles. The molecule has 0 spiro atoms. The predicted octanol–water partition coefficient (Wildman–Crippen LogP) is 5.57. The molecule has 1 aliphatic heterocycles. The van der Waals surface area contributed by atoms with Gasteiger partial charge in [0.05, 0.1) is 22.2 Å². The van der Waals surface area contributed by atoms with E-state index in [0.717, 1.165) is 37.1 Å². The third-order valence-corrected chi connectivity index (χ3v) is 6.56. The summed E-state index contributed by atoms with van der Waals surface area (Å²) in [4.78, 5) is 41.6. The second-order valence-electron chi connectivity index (χ2n) is 8.88. The van der Waals surface area contributed by atoms with Gasteiger partial charge in [-0.2, -0.15) is 0 Å². The second kappa shape index (κ2) is 9.22. The molecule has 0 radical (unpaired) electrons. The van der Waals surface area contributed by atoms with Crippen molar-refractivity contribution in [3.63, 3.8) is 0 Å². The molecule has 0 aliphatic carbocycles. The number of hydrogen-bond acceptors (Lipinski definition) is 4. The molecule has 1 aromatic heterocycles. The van der Waals surface area contributed by atoms with Crippen molar-refractivity contribution in [2.24, 2.45) is 0 Å². The SMILES string of the molecule is Cc1cccc(C(=O)N2CCCC2)c1NC(=O)c1cccc2c(=O)c(C)c(-c3ccccc3)oc12. The zero-order valence-electron chi connectivity index (χ0n) is 19.8. The van der Waals surface area contributed by atoms with Gasteiger partial charge in [-0.15, -0.1) is 0 Å². The molecule has 0 saturated carbocycles. The average Bonchev–Trinajstić information content (AvgIpc) is 3.42. The Labute approximate surface area is 203 Å². The van der Waals surface area contributed by atoms with Crippen LogP contribution in [0.5, 0.6) is 0 Å². The number of aryl methyl sites for hydroxylation is 1. The zero-order valence-corrected chi connectivity index (χ0v) is 19.8. The molecule has 2 heterocycles. The maximum absolute atomic E-state index is 13.5. The van der Waals surface area contributed by atoms with Crippen LogP contribution in [-0.4, -0.2) is 29.8 Å². The Balaban J connectivity index is 1.58. The largest absolute Gasteiger partial charge is 0.455 e. The number of fused-ring (bicyclic) bond motifs is 1. The number of rotatable bonds is 4. The Bertz CT molecular complexity index is 1500. The molecule has 1 N–H and O–H groups in total. The van der Waals surface area contributed by atoms with Crippen molar-refractivity contribution in [1.82, 2.24) is 4.90 Å². The van der Waals surface area contributed by atoms with Crippen LogP contribution < -0.4 is 10.7 Å². The van der Waals surface area contributed by atoms with Crippen molar-refractivity contribution >= 4 is 28.5 Å². The molecule has 1 aliphatic rings. The molecule has 2 amide bonds. The van der Waals surface area contributed by atoms with Gasteiger partial charge in [0.25, 0.3) is 11.8 Å². The molecule has 0 unspecified atom stereocenters. The molecule has 0 atom stereocenters. The molecule has 4 aromatic rings. The summed E-state index contributed by atoms with van der Waals surface area (Å²) in [6.45, 7) is 5.02. The quantitative estimate of drug-likeness (QED) is 0.427. The topological polar surface area (TPSA) is 79.6 Å². The van der Waals surface area contributed by atoms with Crippen LogP contribution in [0.4, 0.5) is 5.69 Å². The lowest BCUT2D eigenvalue weighted by Gasteiger charge is -2.19. The number of carbonyl (C=O) groups is 2. The fourth-order valence-corrected chi connectivity index (χ4v) is 4.64. The van der Waals surface area contributed by atoms with Crippen LogP contribution in [0.1, 0.15) is 44.7 Å². The average molecular weight is 467 g/mol. The number of nitrogens with zero attached hydrogens (tertiary/aromatic N) is 1. The molecule has 35 heavy (non-hydrogen) atoms. The molecule has 6 heteroatoms. The smallest absolute Gasteiger partial charge is 0.259 e. The van der Waals surface area contributed by atoms with E-state index in [1.165, 1.54) is 0 Å². The zero-order chi connectivity index (χ0) is 24.5. The Morgan fingerprint density at radius 2 is 1.54 bits per heavy atom. The standard InChI is InChI=1S/C29H26N2O4/c1-18-10-8-13-21(29(34)31-16-6-7-17-31)24(18)30-28(33)23-15-9-14-22-25(32)19(2)26(35-27(22)23)20-11-4-3-5-12-20/h3-5,8-15H,6-7,16-17H2,1-2H3,(H,30,33). The minimum absolute atomic E-state index is 0.0899. The first-order chi connectivity index (χ1) is 17.0. The first-order valence-corrected chi connectivity index (χ1v) is 11.8. The maximum Gasteiger partial charge on any atom is 0.259 e. The number of nitrogens with one attached hydrogen (secondary N) is 1. The normalized spacial score (nSPS) is 13.3. The number of hydrogen-bond donors (Lipinski definition) is 1. The number of amides is 2. The van der Waals surface area contributed by atoms with E-state index in [4.69, 9.17) is 4.42 Å². The monoisotopic (exact) mass is 466 g/mol. The fraction of sp³-hybridized carbons (Fsp3) is 0.207. The summed E-state index contributed by atoms with van der Waals surface area (Å²) >= 11 is 0. The molecule has 6 nitrogen and oxygen atoms in total. The molecule has 176 valence electrons. The third-order valence-electron chi connectivity index (χ3n) is 6.56. The van der Waals surface area contributed by atoms with Crippen molar-refractivity contribution in [2.75, 3.05) is 18.4 Å². The molecule has 0 bridgehead atoms. The molecular formula is C29H26N2O4. The van der Waals surface area contributed by atoms with E-state index in [1.54, 1.807) is 31.2 Å². The number of anilines is 1. The summed E-state index contributed by atoms with van der Waals surface area (Å²) in [5.74, 6) is -0.0940. The van der Waals surface area contributed by atoms with Crippen LogP contribution in [0.15, 0.2) is 75.9 Å². The highest BCUT2D eigenvalue weighted by Crippen LogP contribution is 2.29. The maximum atomic E-state index is 13.5. The summed E-state index contributed by atoms with van der Waals surface area (Å²) < 4.78 is 6.20. The van der Waals surface area contributed by atoms with Crippen LogP contribution in [0.2, 0.25) is 0 Å². The first kappa shape index (κ1) is 22.6. The van der Waals surface area contributed by atoms with Gasteiger partial charge in [-0.3, -0.25) is 14.4 Å². The van der Waals surface area contributed by atoms with Gasteiger partial charge in [0.15, 0.2) is 11.0 Å². The van der Waals surface area contributed by atoms with Crippen molar-refractivity contribution in [1.29, 1.82) is 0 Å². The van der Waals surface area contributed by atoms with Crippen LogP contribution >= 0.6 is 0 Å². The molecule has 1 fully saturated rings. The summed E-state index contributed by atoms with van der Waals surface area (Å²) in [7, 11) is 0. The number of para-hydroxylation sites is 2.